The number of rotatable bonds is 7. The third-order valence-electron chi connectivity index (χ3n) is 5.36. The van der Waals surface area contributed by atoms with Crippen LogP contribution in [-0.2, 0) is 6.18 Å². The molecule has 1 aliphatic carbocycles. The fourth-order valence-corrected chi connectivity index (χ4v) is 3.82. The van der Waals surface area contributed by atoms with E-state index in [-0.39, 0.29) is 23.5 Å². The maximum absolute atomic E-state index is 13.7. The molecule has 1 aliphatic rings. The quantitative estimate of drug-likeness (QED) is 0.361. The van der Waals surface area contributed by atoms with E-state index >= 15 is 0 Å². The molecule has 0 bridgehead atoms. The molecule has 186 valence electrons. The summed E-state index contributed by atoms with van der Waals surface area (Å²) in [5.41, 5.74) is -0.281. The van der Waals surface area contributed by atoms with Crippen molar-refractivity contribution in [1.29, 1.82) is 0 Å². The fourth-order valence-electron chi connectivity index (χ4n) is 3.82. The van der Waals surface area contributed by atoms with Gasteiger partial charge in [-0.3, -0.25) is 0 Å². The second-order valence-electron chi connectivity index (χ2n) is 9.46. The zero-order valence-electron chi connectivity index (χ0n) is 19.9. The van der Waals surface area contributed by atoms with Gasteiger partial charge in [-0.25, -0.2) is 4.98 Å². The minimum atomic E-state index is -4.63. The highest BCUT2D eigenvalue weighted by atomic mass is 19.4. The Bertz CT molecular complexity index is 1140. The van der Waals surface area contributed by atoms with E-state index < -0.39 is 11.7 Å². The Morgan fingerprint density at radius 2 is 1.60 bits per heavy atom. The lowest BCUT2D eigenvalue weighted by Gasteiger charge is -2.21. The third kappa shape index (κ3) is 6.77. The lowest BCUT2D eigenvalue weighted by molar-refractivity contribution is -0.137. The number of para-hydroxylation sites is 2. The molecule has 9 heteroatoms. The molecule has 0 amide bonds. The number of halogens is 3. The van der Waals surface area contributed by atoms with Crippen LogP contribution in [-0.4, -0.2) is 21.7 Å². The Kier molecular flexibility index (Phi) is 7.05. The van der Waals surface area contributed by atoms with Crippen LogP contribution in [0.2, 0.25) is 0 Å². The van der Waals surface area contributed by atoms with Crippen molar-refractivity contribution in [2.45, 2.75) is 64.3 Å². The van der Waals surface area contributed by atoms with E-state index in [4.69, 9.17) is 9.47 Å². The van der Waals surface area contributed by atoms with Gasteiger partial charge in [0.15, 0.2) is 0 Å². The Morgan fingerprint density at radius 3 is 2.26 bits per heavy atom. The van der Waals surface area contributed by atoms with Gasteiger partial charge in [0.05, 0.1) is 11.8 Å². The van der Waals surface area contributed by atoms with Gasteiger partial charge in [0.25, 0.3) is 0 Å². The Morgan fingerprint density at radius 1 is 0.914 bits per heavy atom. The number of nitrogens with one attached hydrogen (secondary N) is 2. The van der Waals surface area contributed by atoms with Crippen LogP contribution in [0.1, 0.15) is 52.0 Å². The predicted molar refractivity (Wildman–Crippen MR) is 130 cm³/mol. The van der Waals surface area contributed by atoms with Crippen LogP contribution >= 0.6 is 0 Å². The molecule has 1 aromatic heterocycles. The lowest BCUT2D eigenvalue weighted by atomic mass is 10.2. The monoisotopic (exact) mass is 486 g/mol. The number of anilines is 4. The van der Waals surface area contributed by atoms with Gasteiger partial charge in [0.2, 0.25) is 5.95 Å². The van der Waals surface area contributed by atoms with Crippen LogP contribution in [0.5, 0.6) is 11.5 Å². The highest BCUT2D eigenvalue weighted by Crippen LogP contribution is 2.38. The van der Waals surface area contributed by atoms with Crippen molar-refractivity contribution in [1.82, 2.24) is 9.97 Å². The normalized spacial score (nSPS) is 14.6. The van der Waals surface area contributed by atoms with E-state index in [1.165, 1.54) is 0 Å². The number of alkyl halides is 3. The number of ether oxygens (including phenoxy) is 2. The molecule has 2 N–H and O–H groups in total. The van der Waals surface area contributed by atoms with Crippen molar-refractivity contribution < 1.29 is 22.6 Å². The number of nitrogens with zero attached hydrogens (tertiary/aromatic N) is 2. The van der Waals surface area contributed by atoms with Gasteiger partial charge in [0.1, 0.15) is 28.5 Å². The van der Waals surface area contributed by atoms with Gasteiger partial charge in [0, 0.05) is 11.9 Å². The van der Waals surface area contributed by atoms with Gasteiger partial charge >= 0.3 is 6.18 Å². The maximum atomic E-state index is 13.7. The molecular weight excluding hydrogens is 457 g/mol. The summed E-state index contributed by atoms with van der Waals surface area (Å²) >= 11 is 0. The van der Waals surface area contributed by atoms with Crippen molar-refractivity contribution >= 4 is 23.1 Å². The lowest BCUT2D eigenvalue weighted by Crippen LogP contribution is -2.22. The summed E-state index contributed by atoms with van der Waals surface area (Å²) < 4.78 is 53.1. The highest BCUT2D eigenvalue weighted by molar-refractivity contribution is 5.67. The largest absolute Gasteiger partial charge is 0.488 e. The van der Waals surface area contributed by atoms with E-state index in [0.29, 0.717) is 22.9 Å². The molecule has 1 fully saturated rings. The van der Waals surface area contributed by atoms with Crippen molar-refractivity contribution in [2.75, 3.05) is 10.6 Å². The second-order valence-corrected chi connectivity index (χ2v) is 9.46. The SMILES string of the molecule is CC(C)(C)Oc1ccc(Nc2ncc(C(F)(F)F)c(Nc3ccccc3OC3CCCC3)n2)cc1. The van der Waals surface area contributed by atoms with E-state index in [9.17, 15) is 13.2 Å². The standard InChI is InChI=1S/C26H29F3N4O2/c1-25(2,3)35-19-14-12-17(13-15-19)31-24-30-16-20(26(27,28)29)23(33-24)32-21-10-6-7-11-22(21)34-18-8-4-5-9-18/h6-7,10-16,18H,4-5,8-9H2,1-3H3,(H2,30,31,32,33). The summed E-state index contributed by atoms with van der Waals surface area (Å²) in [6.45, 7) is 5.84. The molecule has 0 unspecified atom stereocenters. The van der Waals surface area contributed by atoms with E-state index in [1.54, 1.807) is 48.5 Å². The van der Waals surface area contributed by atoms with Crippen molar-refractivity contribution in [3.05, 3.63) is 60.3 Å². The van der Waals surface area contributed by atoms with Gasteiger partial charge in [-0.2, -0.15) is 18.2 Å². The molecule has 0 aliphatic heterocycles. The molecule has 0 saturated heterocycles. The average Bonchev–Trinajstić information content (AvgIpc) is 3.28. The molecule has 6 nitrogen and oxygen atoms in total. The van der Waals surface area contributed by atoms with Crippen LogP contribution < -0.4 is 20.1 Å². The average molecular weight is 487 g/mol. The first-order valence-corrected chi connectivity index (χ1v) is 11.6. The number of hydrogen-bond acceptors (Lipinski definition) is 6. The number of benzene rings is 2. The van der Waals surface area contributed by atoms with Crippen molar-refractivity contribution in [2.24, 2.45) is 0 Å². The Balaban J connectivity index is 1.58. The highest BCUT2D eigenvalue weighted by Gasteiger charge is 2.35. The Labute approximate surface area is 202 Å². The minimum absolute atomic E-state index is 0.0270. The number of hydrogen-bond donors (Lipinski definition) is 2. The van der Waals surface area contributed by atoms with E-state index in [1.807, 2.05) is 20.8 Å². The summed E-state index contributed by atoms with van der Waals surface area (Å²) in [4.78, 5) is 8.03. The van der Waals surface area contributed by atoms with Crippen molar-refractivity contribution in [3.63, 3.8) is 0 Å². The molecule has 35 heavy (non-hydrogen) atoms. The van der Waals surface area contributed by atoms with E-state index in [0.717, 1.165) is 31.9 Å². The van der Waals surface area contributed by atoms with Crippen LogP contribution in [0, 0.1) is 0 Å². The molecule has 1 heterocycles. The predicted octanol–water partition coefficient (Wildman–Crippen LogP) is 7.48. The molecule has 0 spiro atoms. The summed E-state index contributed by atoms with van der Waals surface area (Å²) in [6, 6.07) is 14.0. The van der Waals surface area contributed by atoms with Gasteiger partial charge in [-0.05, 0) is 82.9 Å². The van der Waals surface area contributed by atoms with Gasteiger partial charge in [-0.15, -0.1) is 0 Å². The molecular formula is C26H29F3N4O2. The minimum Gasteiger partial charge on any atom is -0.488 e. The molecule has 3 aromatic rings. The fraction of sp³-hybridized carbons (Fsp3) is 0.385. The Hall–Kier alpha value is -3.49. The maximum Gasteiger partial charge on any atom is 0.421 e. The zero-order chi connectivity index (χ0) is 25.1. The van der Waals surface area contributed by atoms with E-state index in [2.05, 4.69) is 20.6 Å². The molecule has 0 atom stereocenters. The van der Waals surface area contributed by atoms with Crippen molar-refractivity contribution in [3.8, 4) is 11.5 Å². The molecule has 4 rings (SSSR count). The summed E-state index contributed by atoms with van der Waals surface area (Å²) in [6.07, 6.45) is 0.245. The van der Waals surface area contributed by atoms with Crippen LogP contribution in [0.15, 0.2) is 54.7 Å². The molecule has 1 saturated carbocycles. The second kappa shape index (κ2) is 10.0. The first-order valence-electron chi connectivity index (χ1n) is 11.6. The summed E-state index contributed by atoms with van der Waals surface area (Å²) in [7, 11) is 0. The van der Waals surface area contributed by atoms with Crippen LogP contribution in [0.25, 0.3) is 0 Å². The van der Waals surface area contributed by atoms with Crippen LogP contribution in [0.4, 0.5) is 36.3 Å². The third-order valence-corrected chi connectivity index (χ3v) is 5.36. The first kappa shape index (κ1) is 24.6. The topological polar surface area (TPSA) is 68.3 Å². The first-order chi connectivity index (χ1) is 16.6. The van der Waals surface area contributed by atoms with Gasteiger partial charge < -0.3 is 20.1 Å². The molecule has 0 radical (unpaired) electrons. The smallest absolute Gasteiger partial charge is 0.421 e. The van der Waals surface area contributed by atoms with Crippen LogP contribution in [0.3, 0.4) is 0 Å². The molecule has 2 aromatic carbocycles. The zero-order valence-corrected chi connectivity index (χ0v) is 19.9. The summed E-state index contributed by atoms with van der Waals surface area (Å²) in [5, 5.41) is 5.78. The summed E-state index contributed by atoms with van der Waals surface area (Å²) in [5.74, 6) is 0.844. The number of aromatic nitrogens is 2. The van der Waals surface area contributed by atoms with Gasteiger partial charge in [-0.1, -0.05) is 12.1 Å².